The van der Waals surface area contributed by atoms with Crippen LogP contribution in [0.25, 0.3) is 0 Å². The van der Waals surface area contributed by atoms with E-state index in [0.717, 1.165) is 38.0 Å². The lowest BCUT2D eigenvalue weighted by Crippen LogP contribution is -2.47. The monoisotopic (exact) mass is 312 g/mol. The lowest BCUT2D eigenvalue weighted by atomic mass is 9.89. The normalized spacial score (nSPS) is 22.2. The summed E-state index contributed by atoms with van der Waals surface area (Å²) in [5.41, 5.74) is 2.43. The van der Waals surface area contributed by atoms with Gasteiger partial charge in [-0.15, -0.1) is 0 Å². The zero-order valence-electron chi connectivity index (χ0n) is 13.7. The van der Waals surface area contributed by atoms with Gasteiger partial charge in [-0.05, 0) is 49.1 Å². The molecule has 2 atom stereocenters. The molecule has 0 saturated carbocycles. The van der Waals surface area contributed by atoms with Crippen LogP contribution in [-0.2, 0) is 13.0 Å². The Balaban J connectivity index is 1.56. The number of rotatable bonds is 5. The zero-order valence-corrected chi connectivity index (χ0v) is 13.7. The molecule has 0 aromatic heterocycles. The molecule has 0 aliphatic carbocycles. The Labute approximate surface area is 138 Å². The summed E-state index contributed by atoms with van der Waals surface area (Å²) in [5, 5.41) is 3.68. The van der Waals surface area contributed by atoms with Gasteiger partial charge < -0.3 is 10.2 Å². The topological polar surface area (TPSA) is 15.3 Å². The summed E-state index contributed by atoms with van der Waals surface area (Å²) in [5.74, 6) is 0.439. The second kappa shape index (κ2) is 7.71. The fourth-order valence-corrected chi connectivity index (χ4v) is 3.59. The van der Waals surface area contributed by atoms with Crippen LogP contribution in [0.5, 0.6) is 0 Å². The summed E-state index contributed by atoms with van der Waals surface area (Å²) < 4.78 is 13.4. The van der Waals surface area contributed by atoms with Crippen molar-refractivity contribution in [3.63, 3.8) is 0 Å². The van der Waals surface area contributed by atoms with Crippen molar-refractivity contribution in [2.24, 2.45) is 5.92 Å². The Morgan fingerprint density at radius 2 is 1.83 bits per heavy atom. The Morgan fingerprint density at radius 3 is 2.61 bits per heavy atom. The Morgan fingerprint density at radius 1 is 1.04 bits per heavy atom. The predicted octanol–water partition coefficient (Wildman–Crippen LogP) is 3.48. The predicted molar refractivity (Wildman–Crippen MR) is 92.8 cm³/mol. The Bertz CT molecular complexity index is 614. The minimum Gasteiger partial charge on any atom is -0.309 e. The smallest absolute Gasteiger partial charge is 0.123 e. The fourth-order valence-electron chi connectivity index (χ4n) is 3.59. The summed E-state index contributed by atoms with van der Waals surface area (Å²) in [6, 6.07) is 18.0. The number of hydrogen-bond acceptors (Lipinski definition) is 2. The van der Waals surface area contributed by atoms with E-state index in [-0.39, 0.29) is 5.82 Å². The van der Waals surface area contributed by atoms with Gasteiger partial charge in [-0.2, -0.15) is 0 Å². The molecule has 3 heteroatoms. The summed E-state index contributed by atoms with van der Waals surface area (Å²) in [6.45, 7) is 3.07. The lowest BCUT2D eigenvalue weighted by Gasteiger charge is -2.36. The Kier molecular flexibility index (Phi) is 5.42. The van der Waals surface area contributed by atoms with Gasteiger partial charge in [0.15, 0.2) is 0 Å². The van der Waals surface area contributed by atoms with Gasteiger partial charge in [0.05, 0.1) is 0 Å². The SMILES string of the molecule is CN1CC(Cc2cccc(F)c2)CC(NCc2ccccc2)C1. The first-order valence-corrected chi connectivity index (χ1v) is 8.39. The number of likely N-dealkylation sites (N-methyl/N-ethyl adjacent to an activating group) is 1. The highest BCUT2D eigenvalue weighted by atomic mass is 19.1. The molecule has 2 aromatic carbocycles. The van der Waals surface area contributed by atoms with Crippen LogP contribution in [0.15, 0.2) is 54.6 Å². The number of halogens is 1. The molecule has 2 unspecified atom stereocenters. The van der Waals surface area contributed by atoms with Crippen LogP contribution in [0, 0.1) is 11.7 Å². The number of likely N-dealkylation sites (tertiary alicyclic amines) is 1. The molecule has 23 heavy (non-hydrogen) atoms. The molecule has 0 amide bonds. The van der Waals surface area contributed by atoms with Gasteiger partial charge in [0, 0.05) is 25.7 Å². The van der Waals surface area contributed by atoms with Crippen molar-refractivity contribution in [2.75, 3.05) is 20.1 Å². The van der Waals surface area contributed by atoms with E-state index in [1.54, 1.807) is 6.07 Å². The molecule has 0 spiro atoms. The Hall–Kier alpha value is -1.71. The number of nitrogens with one attached hydrogen (secondary N) is 1. The van der Waals surface area contributed by atoms with Crippen molar-refractivity contribution in [3.8, 4) is 0 Å². The van der Waals surface area contributed by atoms with Gasteiger partial charge in [-0.3, -0.25) is 0 Å². The van der Waals surface area contributed by atoms with E-state index in [1.165, 1.54) is 11.6 Å². The van der Waals surface area contributed by atoms with Crippen LogP contribution in [0.1, 0.15) is 17.5 Å². The maximum atomic E-state index is 13.4. The first-order valence-electron chi connectivity index (χ1n) is 8.39. The van der Waals surface area contributed by atoms with Gasteiger partial charge in [0.1, 0.15) is 5.82 Å². The van der Waals surface area contributed by atoms with Crippen molar-refractivity contribution in [3.05, 3.63) is 71.5 Å². The third-order valence-electron chi connectivity index (χ3n) is 4.57. The number of hydrogen-bond donors (Lipinski definition) is 1. The molecular weight excluding hydrogens is 287 g/mol. The van der Waals surface area contributed by atoms with E-state index in [0.29, 0.717) is 12.0 Å². The summed E-state index contributed by atoms with van der Waals surface area (Å²) in [4.78, 5) is 2.39. The zero-order chi connectivity index (χ0) is 16.1. The molecule has 3 rings (SSSR count). The maximum absolute atomic E-state index is 13.4. The van der Waals surface area contributed by atoms with Gasteiger partial charge >= 0.3 is 0 Å². The van der Waals surface area contributed by atoms with Crippen molar-refractivity contribution < 1.29 is 4.39 Å². The minimum absolute atomic E-state index is 0.134. The van der Waals surface area contributed by atoms with Gasteiger partial charge in [-0.25, -0.2) is 4.39 Å². The lowest BCUT2D eigenvalue weighted by molar-refractivity contribution is 0.168. The van der Waals surface area contributed by atoms with Crippen LogP contribution in [-0.4, -0.2) is 31.1 Å². The second-order valence-electron chi connectivity index (χ2n) is 6.72. The average Bonchev–Trinajstić information content (AvgIpc) is 2.53. The van der Waals surface area contributed by atoms with Crippen LogP contribution < -0.4 is 5.32 Å². The molecule has 1 N–H and O–H groups in total. The number of piperidine rings is 1. The van der Waals surface area contributed by atoms with Crippen LogP contribution in [0.4, 0.5) is 4.39 Å². The highest BCUT2D eigenvalue weighted by molar-refractivity contribution is 5.17. The first-order chi connectivity index (χ1) is 11.2. The highest BCUT2D eigenvalue weighted by Crippen LogP contribution is 2.21. The minimum atomic E-state index is -0.134. The molecule has 1 heterocycles. The molecule has 1 saturated heterocycles. The molecule has 122 valence electrons. The maximum Gasteiger partial charge on any atom is 0.123 e. The number of nitrogens with zero attached hydrogens (tertiary/aromatic N) is 1. The summed E-state index contributed by atoms with van der Waals surface area (Å²) in [6.07, 6.45) is 2.10. The van der Waals surface area contributed by atoms with Crippen molar-refractivity contribution in [1.82, 2.24) is 10.2 Å². The van der Waals surface area contributed by atoms with Gasteiger partial charge in [0.25, 0.3) is 0 Å². The third kappa shape index (κ3) is 4.88. The average molecular weight is 312 g/mol. The molecule has 0 bridgehead atoms. The molecule has 1 aliphatic heterocycles. The standard InChI is InChI=1S/C20H25FN2/c1-23-14-18(10-17-8-5-9-19(21)11-17)12-20(15-23)22-13-16-6-3-2-4-7-16/h2-9,11,18,20,22H,10,12-15H2,1H3. The number of benzene rings is 2. The van der Waals surface area contributed by atoms with Gasteiger partial charge in [0.2, 0.25) is 0 Å². The summed E-state index contributed by atoms with van der Waals surface area (Å²) >= 11 is 0. The molecule has 0 radical (unpaired) electrons. The molecule has 1 aliphatic rings. The van der Waals surface area contributed by atoms with E-state index in [1.807, 2.05) is 18.2 Å². The largest absolute Gasteiger partial charge is 0.309 e. The van der Waals surface area contributed by atoms with E-state index >= 15 is 0 Å². The van der Waals surface area contributed by atoms with E-state index < -0.39 is 0 Å². The second-order valence-corrected chi connectivity index (χ2v) is 6.72. The highest BCUT2D eigenvalue weighted by Gasteiger charge is 2.25. The summed E-state index contributed by atoms with van der Waals surface area (Å²) in [7, 11) is 2.18. The van der Waals surface area contributed by atoms with Crippen molar-refractivity contribution in [2.45, 2.75) is 25.4 Å². The van der Waals surface area contributed by atoms with Crippen LogP contribution in [0.2, 0.25) is 0 Å². The van der Waals surface area contributed by atoms with Crippen molar-refractivity contribution in [1.29, 1.82) is 0 Å². The quantitative estimate of drug-likeness (QED) is 0.909. The van der Waals surface area contributed by atoms with Crippen LogP contribution in [0.3, 0.4) is 0 Å². The third-order valence-corrected chi connectivity index (χ3v) is 4.57. The van der Waals surface area contributed by atoms with Crippen molar-refractivity contribution >= 4 is 0 Å². The van der Waals surface area contributed by atoms with Crippen LogP contribution >= 0.6 is 0 Å². The molecule has 1 fully saturated rings. The molecule has 2 nitrogen and oxygen atoms in total. The van der Waals surface area contributed by atoms with E-state index in [4.69, 9.17) is 0 Å². The van der Waals surface area contributed by atoms with E-state index in [2.05, 4.69) is 41.5 Å². The van der Waals surface area contributed by atoms with E-state index in [9.17, 15) is 4.39 Å². The molecule has 2 aromatic rings. The fraction of sp³-hybridized carbons (Fsp3) is 0.400. The molecular formula is C20H25FN2. The van der Waals surface area contributed by atoms with Gasteiger partial charge in [-0.1, -0.05) is 42.5 Å². The first kappa shape index (κ1) is 16.2.